The summed E-state index contributed by atoms with van der Waals surface area (Å²) < 4.78 is 40.8. The number of aromatic nitrogens is 4. The summed E-state index contributed by atoms with van der Waals surface area (Å²) in [5, 5.41) is 28.2. The van der Waals surface area contributed by atoms with Crippen LogP contribution in [0, 0.1) is 11.2 Å². The third-order valence-electron chi connectivity index (χ3n) is 6.82. The number of hydrogen-bond acceptors (Lipinski definition) is 10. The van der Waals surface area contributed by atoms with Crippen molar-refractivity contribution in [3.8, 4) is 5.75 Å². The summed E-state index contributed by atoms with van der Waals surface area (Å²) in [4.78, 5) is 9.79. The number of fused-ring (bicyclic) bond motifs is 1. The molecule has 2 fully saturated rings. The van der Waals surface area contributed by atoms with Crippen molar-refractivity contribution in [3.05, 3.63) is 53.1 Å². The molecule has 2 aliphatic heterocycles. The van der Waals surface area contributed by atoms with Gasteiger partial charge < -0.3 is 25.4 Å². The van der Waals surface area contributed by atoms with E-state index in [-0.39, 0.29) is 35.6 Å². The summed E-state index contributed by atoms with van der Waals surface area (Å²) in [6, 6.07) is 1.39. The molecule has 2 aliphatic rings. The Kier molecular flexibility index (Phi) is 7.76. The summed E-state index contributed by atoms with van der Waals surface area (Å²) >= 11 is 6.35. The molecule has 3 aromatic rings. The number of likely N-dealkylation sites (tertiary alicyclic amines) is 1. The molecule has 3 N–H and O–H groups in total. The van der Waals surface area contributed by atoms with Crippen molar-refractivity contribution in [2.75, 3.05) is 32.9 Å². The molecule has 39 heavy (non-hydrogen) atoms. The largest absolute Gasteiger partial charge is 0.488 e. The first-order valence-corrected chi connectivity index (χ1v) is 12.8. The van der Waals surface area contributed by atoms with Crippen molar-refractivity contribution in [2.24, 2.45) is 5.10 Å². The maximum Gasteiger partial charge on any atom is 0.163 e. The number of halogens is 3. The standard InChI is InChI=1S/C25H29ClF2N8O3/c1-14(29)22(34-33-20-3-4-35(10-19(20)28)17-11-38-12-17)15-5-21(23-18(26)8-32-36(23)9-15)39-13-25(2,37)24-30-6-16(27)7-31-24/h5-9,17,19-20,29,33,37H,3-4,10-13H2,1-2H3/b29-14?,34-22+/t19-,20?,25-/m0/s1. The number of aliphatic hydroxyl groups is 1. The molecule has 5 heterocycles. The van der Waals surface area contributed by atoms with Gasteiger partial charge in [-0.25, -0.2) is 23.3 Å². The molecule has 2 saturated heterocycles. The average Bonchev–Trinajstić information content (AvgIpc) is 3.23. The molecule has 3 aromatic heterocycles. The second-order valence-electron chi connectivity index (χ2n) is 9.98. The van der Waals surface area contributed by atoms with Crippen LogP contribution in [0.4, 0.5) is 8.78 Å². The molecule has 1 unspecified atom stereocenters. The minimum absolute atomic E-state index is 0.0193. The maximum absolute atomic E-state index is 15.0. The Labute approximate surface area is 228 Å². The van der Waals surface area contributed by atoms with Crippen molar-refractivity contribution in [3.63, 3.8) is 0 Å². The topological polar surface area (TPSA) is 133 Å². The SMILES string of the molecule is CC(=N)/C(=N\NC1CCN(C2COC2)C[C@@H]1F)c1cc(OC[C@](C)(O)c2ncc(F)cn2)c2c(Cl)cnn2c1. The highest BCUT2D eigenvalue weighted by Crippen LogP contribution is 2.30. The van der Waals surface area contributed by atoms with Gasteiger partial charge in [0.1, 0.15) is 29.8 Å². The average molecular weight is 563 g/mol. The van der Waals surface area contributed by atoms with Gasteiger partial charge in [0.2, 0.25) is 0 Å². The quantitative estimate of drug-likeness (QED) is 0.267. The number of ether oxygens (including phenoxy) is 2. The fourth-order valence-electron chi connectivity index (χ4n) is 4.51. The number of piperidine rings is 1. The Morgan fingerprint density at radius 2 is 2.10 bits per heavy atom. The number of hydrazone groups is 1. The molecule has 0 radical (unpaired) electrons. The van der Waals surface area contributed by atoms with Gasteiger partial charge in [-0.1, -0.05) is 11.6 Å². The summed E-state index contributed by atoms with van der Waals surface area (Å²) in [7, 11) is 0. The van der Waals surface area contributed by atoms with Gasteiger partial charge in [0.15, 0.2) is 17.2 Å². The first-order chi connectivity index (χ1) is 18.6. The Balaban J connectivity index is 1.37. The van der Waals surface area contributed by atoms with E-state index in [9.17, 15) is 13.9 Å². The molecular formula is C25H29ClF2N8O3. The molecule has 5 rings (SSSR count). The smallest absolute Gasteiger partial charge is 0.163 e. The predicted octanol–water partition coefficient (Wildman–Crippen LogP) is 2.35. The molecule has 0 spiro atoms. The molecule has 0 bridgehead atoms. The summed E-state index contributed by atoms with van der Waals surface area (Å²) in [5.41, 5.74) is 2.58. The van der Waals surface area contributed by atoms with E-state index in [0.717, 1.165) is 18.9 Å². The van der Waals surface area contributed by atoms with Gasteiger partial charge in [0, 0.05) is 24.8 Å². The van der Waals surface area contributed by atoms with E-state index in [1.807, 2.05) is 0 Å². The highest BCUT2D eigenvalue weighted by Gasteiger charge is 2.35. The lowest BCUT2D eigenvalue weighted by Gasteiger charge is -2.42. The molecule has 0 amide bonds. The van der Waals surface area contributed by atoms with Gasteiger partial charge in [0.05, 0.1) is 54.6 Å². The van der Waals surface area contributed by atoms with Crippen molar-refractivity contribution in [1.29, 1.82) is 5.41 Å². The van der Waals surface area contributed by atoms with Gasteiger partial charge >= 0.3 is 0 Å². The van der Waals surface area contributed by atoms with Crippen LogP contribution in [0.25, 0.3) is 5.52 Å². The van der Waals surface area contributed by atoms with Crippen LogP contribution in [0.1, 0.15) is 31.7 Å². The van der Waals surface area contributed by atoms with Gasteiger partial charge in [-0.3, -0.25) is 4.90 Å². The van der Waals surface area contributed by atoms with Crippen LogP contribution in [0.15, 0.2) is 36.0 Å². The third kappa shape index (κ3) is 5.86. The van der Waals surface area contributed by atoms with E-state index in [4.69, 9.17) is 26.5 Å². The predicted molar refractivity (Wildman–Crippen MR) is 140 cm³/mol. The van der Waals surface area contributed by atoms with Crippen molar-refractivity contribution < 1.29 is 23.4 Å². The highest BCUT2D eigenvalue weighted by atomic mass is 35.5. The van der Waals surface area contributed by atoms with Gasteiger partial charge in [-0.05, 0) is 26.3 Å². The van der Waals surface area contributed by atoms with Crippen molar-refractivity contribution in [2.45, 2.75) is 44.1 Å². The van der Waals surface area contributed by atoms with Crippen LogP contribution >= 0.6 is 11.6 Å². The first kappa shape index (κ1) is 27.3. The van der Waals surface area contributed by atoms with E-state index in [2.05, 4.69) is 30.5 Å². The molecule has 0 saturated carbocycles. The zero-order chi connectivity index (χ0) is 27.7. The number of nitrogens with one attached hydrogen (secondary N) is 2. The molecule has 11 nitrogen and oxygen atoms in total. The van der Waals surface area contributed by atoms with E-state index in [1.54, 1.807) is 19.2 Å². The van der Waals surface area contributed by atoms with Crippen LogP contribution < -0.4 is 10.2 Å². The lowest BCUT2D eigenvalue weighted by molar-refractivity contribution is -0.0818. The second kappa shape index (κ2) is 11.1. The zero-order valence-corrected chi connectivity index (χ0v) is 22.2. The van der Waals surface area contributed by atoms with Crippen LogP contribution in [0.2, 0.25) is 5.02 Å². The Morgan fingerprint density at radius 1 is 1.36 bits per heavy atom. The normalized spacial score (nSPS) is 22.4. The Morgan fingerprint density at radius 3 is 2.74 bits per heavy atom. The van der Waals surface area contributed by atoms with Crippen LogP contribution in [0.3, 0.4) is 0 Å². The number of nitrogens with zero attached hydrogens (tertiary/aromatic N) is 6. The van der Waals surface area contributed by atoms with Gasteiger partial charge in [-0.2, -0.15) is 10.2 Å². The molecule has 0 aliphatic carbocycles. The van der Waals surface area contributed by atoms with E-state index in [0.29, 0.717) is 42.3 Å². The monoisotopic (exact) mass is 562 g/mol. The summed E-state index contributed by atoms with van der Waals surface area (Å²) in [5.74, 6) is -0.393. The molecule has 0 aromatic carbocycles. The third-order valence-corrected chi connectivity index (χ3v) is 7.10. The zero-order valence-electron chi connectivity index (χ0n) is 21.4. The number of pyridine rings is 1. The molecule has 208 valence electrons. The fourth-order valence-corrected chi connectivity index (χ4v) is 4.74. The number of alkyl halides is 1. The number of hydrogen-bond donors (Lipinski definition) is 3. The minimum atomic E-state index is -1.65. The van der Waals surface area contributed by atoms with Gasteiger partial charge in [0.25, 0.3) is 0 Å². The van der Waals surface area contributed by atoms with Crippen LogP contribution in [0.5, 0.6) is 5.75 Å². The molecule has 14 heteroatoms. The van der Waals surface area contributed by atoms with Crippen LogP contribution in [-0.2, 0) is 10.3 Å². The number of rotatable bonds is 9. The van der Waals surface area contributed by atoms with Gasteiger partial charge in [-0.15, -0.1) is 0 Å². The van der Waals surface area contributed by atoms with Crippen LogP contribution in [-0.4, -0.2) is 92.2 Å². The second-order valence-corrected chi connectivity index (χ2v) is 10.4. The van der Waals surface area contributed by atoms with Crippen molar-refractivity contribution in [1.82, 2.24) is 29.9 Å². The summed E-state index contributed by atoms with van der Waals surface area (Å²) in [6.07, 6.45) is 4.43. The molecular weight excluding hydrogens is 534 g/mol. The van der Waals surface area contributed by atoms with E-state index >= 15 is 0 Å². The lowest BCUT2D eigenvalue weighted by atomic mass is 10.0. The minimum Gasteiger partial charge on any atom is -0.488 e. The fraction of sp³-hybridized carbons (Fsp3) is 0.480. The van der Waals surface area contributed by atoms with E-state index < -0.39 is 23.6 Å². The molecule has 3 atom stereocenters. The van der Waals surface area contributed by atoms with Crippen molar-refractivity contribution >= 4 is 28.5 Å². The first-order valence-electron chi connectivity index (χ1n) is 12.5. The lowest BCUT2D eigenvalue weighted by Crippen LogP contribution is -2.57. The summed E-state index contributed by atoms with van der Waals surface area (Å²) in [6.45, 7) is 5.02. The maximum atomic E-state index is 15.0. The Hall–Kier alpha value is -3.26. The highest BCUT2D eigenvalue weighted by molar-refractivity contribution is 6.46. The Bertz CT molecular complexity index is 1380. The van der Waals surface area contributed by atoms with E-state index in [1.165, 1.54) is 17.6 Å².